The van der Waals surface area contributed by atoms with Crippen molar-refractivity contribution in [3.05, 3.63) is 84.0 Å². The zero-order valence-electron chi connectivity index (χ0n) is 18.1. The molecule has 1 N–H and O–H groups in total. The zero-order valence-corrected chi connectivity index (χ0v) is 18.1. The first-order valence-electron chi connectivity index (χ1n) is 11.0. The molecule has 0 radical (unpaired) electrons. The maximum atomic E-state index is 12.6. The highest BCUT2D eigenvalue weighted by Crippen LogP contribution is 2.55. The highest BCUT2D eigenvalue weighted by Gasteiger charge is 2.53. The van der Waals surface area contributed by atoms with E-state index in [9.17, 15) is 14.7 Å². The Balaban J connectivity index is 1.43. The summed E-state index contributed by atoms with van der Waals surface area (Å²) in [7, 11) is 0. The van der Waals surface area contributed by atoms with E-state index in [-0.39, 0.29) is 18.5 Å². The molecule has 2 heterocycles. The Morgan fingerprint density at radius 1 is 1.24 bits per heavy atom. The average molecular weight is 447 g/mol. The number of esters is 1. The molecule has 0 fully saturated rings. The molecule has 0 bridgehead atoms. The summed E-state index contributed by atoms with van der Waals surface area (Å²) in [6.07, 6.45) is 5.32. The van der Waals surface area contributed by atoms with Crippen molar-refractivity contribution >= 4 is 12.1 Å². The quantitative estimate of drug-likeness (QED) is 0.561. The maximum Gasteiger partial charge on any atom is 0.410 e. The van der Waals surface area contributed by atoms with Crippen molar-refractivity contribution in [2.45, 2.75) is 37.0 Å². The molecule has 0 aromatic heterocycles. The molecular formula is C26H25NO6. The maximum absolute atomic E-state index is 12.6. The van der Waals surface area contributed by atoms with E-state index in [1.807, 2.05) is 24.3 Å². The molecule has 2 unspecified atom stereocenters. The summed E-state index contributed by atoms with van der Waals surface area (Å²) in [5.41, 5.74) is 1.77. The number of nitrogens with zero attached hydrogens (tertiary/aromatic N) is 1. The van der Waals surface area contributed by atoms with E-state index in [1.54, 1.807) is 35.2 Å². The molecule has 0 saturated carbocycles. The van der Waals surface area contributed by atoms with E-state index in [1.165, 1.54) is 6.08 Å². The highest BCUT2D eigenvalue weighted by atomic mass is 16.6. The van der Waals surface area contributed by atoms with E-state index in [4.69, 9.17) is 14.2 Å². The van der Waals surface area contributed by atoms with Gasteiger partial charge in [0.15, 0.2) is 11.5 Å². The van der Waals surface area contributed by atoms with Gasteiger partial charge in [0.25, 0.3) is 0 Å². The number of rotatable bonds is 4. The number of ether oxygens (including phenoxy) is 3. The molecule has 7 heteroatoms. The van der Waals surface area contributed by atoms with Crippen LogP contribution >= 0.6 is 0 Å². The lowest BCUT2D eigenvalue weighted by atomic mass is 9.69. The van der Waals surface area contributed by atoms with Gasteiger partial charge in [0, 0.05) is 25.1 Å². The molecule has 2 aliphatic heterocycles. The normalized spacial score (nSPS) is 24.7. The lowest BCUT2D eigenvalue weighted by molar-refractivity contribution is 0.0214. The van der Waals surface area contributed by atoms with Crippen LogP contribution in [0.3, 0.4) is 0 Å². The molecule has 33 heavy (non-hydrogen) atoms. The standard InChI is InChI=1S/C26H25NO6/c1-2-14-31-25(30)27-13-12-26-11-10-19(32-24(29)17-6-4-3-5-7-17)15-21(26)33-23-20(28)9-8-18(16-27)22(23)26/h2-11,19,21,28H,1,12-16H2/t19?,21-,26?/m1/s1. The SMILES string of the molecule is C=CCOC(=O)N1CCC23C=CC(OC(=O)c4ccccc4)C[C@H]2Oc2c(O)ccc(c23)C1. The molecule has 1 amide bonds. The number of hydrogen-bond acceptors (Lipinski definition) is 6. The lowest BCUT2D eigenvalue weighted by Crippen LogP contribution is -2.44. The van der Waals surface area contributed by atoms with Crippen LogP contribution in [-0.2, 0) is 21.4 Å². The van der Waals surface area contributed by atoms with Gasteiger partial charge < -0.3 is 24.2 Å². The number of carbonyl (C=O) groups excluding carboxylic acids is 2. The average Bonchev–Trinajstić information content (AvgIpc) is 3.08. The summed E-state index contributed by atoms with van der Waals surface area (Å²) in [5, 5.41) is 10.5. The summed E-state index contributed by atoms with van der Waals surface area (Å²) in [6.45, 7) is 4.56. The van der Waals surface area contributed by atoms with Crippen LogP contribution in [0.5, 0.6) is 11.5 Å². The van der Waals surface area contributed by atoms with Crippen LogP contribution in [0.25, 0.3) is 0 Å². The number of hydrogen-bond donors (Lipinski definition) is 1. The predicted molar refractivity (Wildman–Crippen MR) is 120 cm³/mol. The summed E-state index contributed by atoms with van der Waals surface area (Å²) in [4.78, 5) is 26.8. The Hall–Kier alpha value is -3.74. The van der Waals surface area contributed by atoms with E-state index < -0.39 is 23.6 Å². The van der Waals surface area contributed by atoms with Gasteiger partial charge in [-0.1, -0.05) is 43.0 Å². The first-order chi connectivity index (χ1) is 16.0. The van der Waals surface area contributed by atoms with Gasteiger partial charge in [-0.05, 0) is 36.3 Å². The van der Waals surface area contributed by atoms with Gasteiger partial charge in [0.05, 0.1) is 11.0 Å². The summed E-state index contributed by atoms with van der Waals surface area (Å²) < 4.78 is 17.2. The second-order valence-electron chi connectivity index (χ2n) is 8.54. The Labute approximate surface area is 191 Å². The second-order valence-corrected chi connectivity index (χ2v) is 8.54. The molecule has 7 nitrogen and oxygen atoms in total. The van der Waals surface area contributed by atoms with Crippen molar-refractivity contribution < 1.29 is 28.9 Å². The van der Waals surface area contributed by atoms with E-state index >= 15 is 0 Å². The van der Waals surface area contributed by atoms with Crippen LogP contribution in [0.2, 0.25) is 0 Å². The Morgan fingerprint density at radius 3 is 2.85 bits per heavy atom. The summed E-state index contributed by atoms with van der Waals surface area (Å²) in [5.74, 6) is 0.118. The number of phenols is 1. The van der Waals surface area contributed by atoms with Crippen LogP contribution in [0.15, 0.2) is 67.3 Å². The fourth-order valence-electron chi connectivity index (χ4n) is 5.02. The minimum atomic E-state index is -0.521. The van der Waals surface area contributed by atoms with Gasteiger partial charge in [-0.15, -0.1) is 0 Å². The number of aromatic hydroxyl groups is 1. The van der Waals surface area contributed by atoms with Crippen LogP contribution in [-0.4, -0.2) is 47.4 Å². The Bertz CT molecular complexity index is 1130. The van der Waals surface area contributed by atoms with Crippen LogP contribution < -0.4 is 4.74 Å². The molecule has 2 aromatic carbocycles. The van der Waals surface area contributed by atoms with Crippen molar-refractivity contribution in [3.63, 3.8) is 0 Å². The first kappa shape index (κ1) is 21.1. The molecule has 0 saturated heterocycles. The molecule has 170 valence electrons. The van der Waals surface area contributed by atoms with Gasteiger partial charge in [-0.25, -0.2) is 9.59 Å². The first-order valence-corrected chi connectivity index (χ1v) is 11.0. The molecular weight excluding hydrogens is 422 g/mol. The molecule has 5 rings (SSSR count). The molecule has 1 spiro atoms. The highest BCUT2D eigenvalue weighted by molar-refractivity contribution is 5.89. The van der Waals surface area contributed by atoms with Gasteiger partial charge in [0.1, 0.15) is 18.8 Å². The third-order valence-corrected chi connectivity index (χ3v) is 6.59. The monoisotopic (exact) mass is 447 g/mol. The van der Waals surface area contributed by atoms with Crippen molar-refractivity contribution in [3.8, 4) is 11.5 Å². The second kappa shape index (κ2) is 8.31. The van der Waals surface area contributed by atoms with E-state index in [2.05, 4.69) is 6.58 Å². The summed E-state index contributed by atoms with van der Waals surface area (Å²) in [6, 6.07) is 12.3. The molecule has 3 aliphatic rings. The number of carbonyl (C=O) groups is 2. The topological polar surface area (TPSA) is 85.3 Å². The minimum Gasteiger partial charge on any atom is -0.504 e. The molecule has 3 atom stereocenters. The van der Waals surface area contributed by atoms with Gasteiger partial charge in [-0.2, -0.15) is 0 Å². The fraction of sp³-hybridized carbons (Fsp3) is 0.308. The van der Waals surface area contributed by atoms with Crippen LogP contribution in [0.4, 0.5) is 4.79 Å². The van der Waals surface area contributed by atoms with E-state index in [0.29, 0.717) is 37.2 Å². The van der Waals surface area contributed by atoms with E-state index in [0.717, 1.165) is 11.1 Å². The third-order valence-electron chi connectivity index (χ3n) is 6.59. The van der Waals surface area contributed by atoms with Gasteiger partial charge >= 0.3 is 12.1 Å². The van der Waals surface area contributed by atoms with Crippen LogP contribution in [0.1, 0.15) is 34.3 Å². The third kappa shape index (κ3) is 3.63. The number of phenolic OH excluding ortho intramolecular Hbond substituents is 1. The van der Waals surface area contributed by atoms with Crippen molar-refractivity contribution in [2.24, 2.45) is 0 Å². The Kier molecular flexibility index (Phi) is 5.32. The fourth-order valence-corrected chi connectivity index (χ4v) is 5.02. The van der Waals surface area contributed by atoms with Gasteiger partial charge in [-0.3, -0.25) is 0 Å². The lowest BCUT2D eigenvalue weighted by Gasteiger charge is -2.36. The predicted octanol–water partition coefficient (Wildman–Crippen LogP) is 4.10. The minimum absolute atomic E-state index is 0.0661. The van der Waals surface area contributed by atoms with Crippen molar-refractivity contribution in [1.82, 2.24) is 4.90 Å². The smallest absolute Gasteiger partial charge is 0.410 e. The largest absolute Gasteiger partial charge is 0.504 e. The zero-order chi connectivity index (χ0) is 23.0. The van der Waals surface area contributed by atoms with Gasteiger partial charge in [0.2, 0.25) is 0 Å². The summed E-state index contributed by atoms with van der Waals surface area (Å²) >= 11 is 0. The number of amides is 1. The van der Waals surface area contributed by atoms with Crippen molar-refractivity contribution in [2.75, 3.05) is 13.2 Å². The molecule has 2 aromatic rings. The van der Waals surface area contributed by atoms with Crippen molar-refractivity contribution in [1.29, 1.82) is 0 Å². The number of benzene rings is 2. The Morgan fingerprint density at radius 2 is 2.06 bits per heavy atom. The van der Waals surface area contributed by atoms with Crippen LogP contribution in [0, 0.1) is 0 Å². The molecule has 1 aliphatic carbocycles.